The van der Waals surface area contributed by atoms with Gasteiger partial charge in [0, 0.05) is 31.9 Å². The molecule has 3 heterocycles. The number of hydrogen-bond donors (Lipinski definition) is 0. The number of fused-ring (bicyclic) bond motifs is 4. The Bertz CT molecular complexity index is 1890. The molecule has 3 nitrogen and oxygen atoms in total. The van der Waals surface area contributed by atoms with Crippen molar-refractivity contribution in [1.82, 2.24) is 14.6 Å². The van der Waals surface area contributed by atoms with Crippen LogP contribution in [0.15, 0.2) is 103 Å². The van der Waals surface area contributed by atoms with E-state index in [1.54, 1.807) is 0 Å². The van der Waals surface area contributed by atoms with Crippen molar-refractivity contribution < 1.29 is 0 Å². The van der Waals surface area contributed by atoms with Gasteiger partial charge in [0.05, 0.1) is 0 Å². The van der Waals surface area contributed by atoms with Crippen LogP contribution in [0.3, 0.4) is 0 Å². The first-order valence-electron chi connectivity index (χ1n) is 12.1. The predicted molar refractivity (Wildman–Crippen MR) is 152 cm³/mol. The van der Waals surface area contributed by atoms with Crippen LogP contribution in [0.2, 0.25) is 0 Å². The van der Waals surface area contributed by atoms with Crippen LogP contribution >= 0.6 is 11.3 Å². The quantitative estimate of drug-likeness (QED) is 0.253. The molecule has 3 aromatic heterocycles. The monoisotopic (exact) mass is 481 g/mol. The van der Waals surface area contributed by atoms with E-state index in [2.05, 4.69) is 132 Å². The van der Waals surface area contributed by atoms with Crippen LogP contribution in [-0.4, -0.2) is 14.6 Å². The van der Waals surface area contributed by atoms with Crippen molar-refractivity contribution in [2.45, 2.75) is 13.8 Å². The van der Waals surface area contributed by atoms with Gasteiger partial charge in [-0.3, -0.25) is 4.40 Å². The first-order valence-corrected chi connectivity index (χ1v) is 12.9. The molecule has 0 amide bonds. The maximum absolute atomic E-state index is 4.47. The molecule has 7 rings (SSSR count). The van der Waals surface area contributed by atoms with Gasteiger partial charge in [0.25, 0.3) is 0 Å². The molecule has 0 bridgehead atoms. The molecule has 0 spiro atoms. The molecule has 0 aliphatic carbocycles. The lowest BCUT2D eigenvalue weighted by atomic mass is 9.98. The minimum absolute atomic E-state index is 0.867. The second kappa shape index (κ2) is 8.14. The van der Waals surface area contributed by atoms with Crippen molar-refractivity contribution in [1.29, 1.82) is 0 Å². The minimum Gasteiger partial charge on any atom is -0.282 e. The molecule has 0 aliphatic heterocycles. The molecule has 0 N–H and O–H groups in total. The van der Waals surface area contributed by atoms with E-state index >= 15 is 0 Å². The number of pyridine rings is 1. The van der Waals surface area contributed by atoms with Crippen molar-refractivity contribution in [3.05, 3.63) is 114 Å². The van der Waals surface area contributed by atoms with Gasteiger partial charge in [-0.05, 0) is 59.4 Å². The van der Waals surface area contributed by atoms with Crippen molar-refractivity contribution in [3.63, 3.8) is 0 Å². The van der Waals surface area contributed by atoms with Gasteiger partial charge in [-0.25, -0.2) is 0 Å². The highest BCUT2D eigenvalue weighted by molar-refractivity contribution is 7.26. The third-order valence-corrected chi connectivity index (χ3v) is 8.39. The first kappa shape index (κ1) is 21.0. The molecule has 0 saturated carbocycles. The van der Waals surface area contributed by atoms with E-state index < -0.39 is 0 Å². The number of hydrogen-bond acceptors (Lipinski definition) is 3. The van der Waals surface area contributed by atoms with Gasteiger partial charge >= 0.3 is 0 Å². The molecule has 172 valence electrons. The van der Waals surface area contributed by atoms with Crippen LogP contribution in [0.25, 0.3) is 59.5 Å². The lowest BCUT2D eigenvalue weighted by molar-refractivity contribution is 1.11. The SMILES string of the molecule is Cc1ccn2c(-c3ccc(-c4ccc(-c5cccc6c5sc5ccccc56)cc4)cc3)nnc2c1C. The number of aryl methyl sites for hydroxylation is 2. The van der Waals surface area contributed by atoms with E-state index in [9.17, 15) is 0 Å². The Morgan fingerprint density at radius 2 is 1.28 bits per heavy atom. The third-order valence-electron chi connectivity index (χ3n) is 7.17. The third kappa shape index (κ3) is 3.26. The number of nitrogens with zero attached hydrogens (tertiary/aromatic N) is 3. The summed E-state index contributed by atoms with van der Waals surface area (Å²) in [6.07, 6.45) is 2.05. The molecule has 36 heavy (non-hydrogen) atoms. The highest BCUT2D eigenvalue weighted by Crippen LogP contribution is 2.40. The van der Waals surface area contributed by atoms with E-state index in [-0.39, 0.29) is 0 Å². The Hall–Kier alpha value is -4.28. The van der Waals surface area contributed by atoms with Crippen molar-refractivity contribution >= 4 is 37.2 Å². The van der Waals surface area contributed by atoms with E-state index in [1.807, 2.05) is 11.3 Å². The molecule has 0 fully saturated rings. The van der Waals surface area contributed by atoms with Crippen LogP contribution in [0, 0.1) is 13.8 Å². The summed E-state index contributed by atoms with van der Waals surface area (Å²) in [6.45, 7) is 4.20. The molecule has 7 aromatic rings. The van der Waals surface area contributed by atoms with Crippen LogP contribution in [0.1, 0.15) is 11.1 Å². The maximum Gasteiger partial charge on any atom is 0.168 e. The Labute approximate surface area is 213 Å². The number of aromatic nitrogens is 3. The van der Waals surface area contributed by atoms with Crippen LogP contribution in [0.5, 0.6) is 0 Å². The topological polar surface area (TPSA) is 30.2 Å². The lowest BCUT2D eigenvalue weighted by Gasteiger charge is -2.08. The standard InChI is InChI=1S/C32H23N3S/c1-20-18-19-35-31(21(20)2)33-34-32(35)25-16-12-23(13-17-25)22-10-14-24(15-11-22)26-7-5-8-28-27-6-3-4-9-29(27)36-30(26)28/h3-19H,1-2H3. The van der Waals surface area contributed by atoms with Gasteiger partial charge in [0.1, 0.15) is 0 Å². The average molecular weight is 482 g/mol. The fraction of sp³-hybridized carbons (Fsp3) is 0.0625. The van der Waals surface area contributed by atoms with E-state index in [1.165, 1.54) is 53.6 Å². The zero-order valence-corrected chi connectivity index (χ0v) is 20.9. The fourth-order valence-electron chi connectivity index (χ4n) is 5.00. The summed E-state index contributed by atoms with van der Waals surface area (Å²) >= 11 is 1.87. The normalized spacial score (nSPS) is 11.6. The smallest absolute Gasteiger partial charge is 0.168 e. The van der Waals surface area contributed by atoms with Crippen LogP contribution in [0.4, 0.5) is 0 Å². The second-order valence-corrected chi connectivity index (χ2v) is 10.3. The van der Waals surface area contributed by atoms with Crippen molar-refractivity contribution in [2.24, 2.45) is 0 Å². The molecule has 4 aromatic carbocycles. The number of rotatable bonds is 3. The van der Waals surface area contributed by atoms with Crippen molar-refractivity contribution in [3.8, 4) is 33.6 Å². The molecule has 0 radical (unpaired) electrons. The zero-order chi connectivity index (χ0) is 24.2. The molecule has 0 atom stereocenters. The minimum atomic E-state index is 0.867. The van der Waals surface area contributed by atoms with E-state index in [4.69, 9.17) is 0 Å². The average Bonchev–Trinajstić information content (AvgIpc) is 3.53. The van der Waals surface area contributed by atoms with Gasteiger partial charge in [-0.2, -0.15) is 0 Å². The van der Waals surface area contributed by atoms with Gasteiger partial charge in [0.15, 0.2) is 11.5 Å². The summed E-state index contributed by atoms with van der Waals surface area (Å²) in [4.78, 5) is 0. The summed E-state index contributed by atoms with van der Waals surface area (Å²) in [6, 6.07) is 34.9. The van der Waals surface area contributed by atoms with E-state index in [0.29, 0.717) is 0 Å². The molecular formula is C32H23N3S. The lowest BCUT2D eigenvalue weighted by Crippen LogP contribution is -1.93. The molecular weight excluding hydrogens is 458 g/mol. The van der Waals surface area contributed by atoms with Gasteiger partial charge in [0.2, 0.25) is 0 Å². The van der Waals surface area contributed by atoms with Gasteiger partial charge in [-0.15, -0.1) is 21.5 Å². The Morgan fingerprint density at radius 1 is 0.611 bits per heavy atom. The maximum atomic E-state index is 4.47. The number of thiophene rings is 1. The molecule has 0 saturated heterocycles. The highest BCUT2D eigenvalue weighted by Gasteiger charge is 2.12. The Morgan fingerprint density at radius 3 is 2.06 bits per heavy atom. The largest absolute Gasteiger partial charge is 0.282 e. The van der Waals surface area contributed by atoms with Crippen molar-refractivity contribution in [2.75, 3.05) is 0 Å². The summed E-state index contributed by atoms with van der Waals surface area (Å²) in [5, 5.41) is 11.6. The molecule has 0 aliphatic rings. The second-order valence-electron chi connectivity index (χ2n) is 9.28. The summed E-state index contributed by atoms with van der Waals surface area (Å²) in [7, 11) is 0. The Balaban J connectivity index is 1.22. The zero-order valence-electron chi connectivity index (χ0n) is 20.1. The Kier molecular flexibility index (Phi) is 4.76. The molecule has 4 heteroatoms. The molecule has 0 unspecified atom stereocenters. The number of benzene rings is 4. The fourth-order valence-corrected chi connectivity index (χ4v) is 6.24. The highest BCUT2D eigenvalue weighted by atomic mass is 32.1. The van der Waals surface area contributed by atoms with Crippen LogP contribution < -0.4 is 0 Å². The van der Waals surface area contributed by atoms with Crippen LogP contribution in [-0.2, 0) is 0 Å². The summed E-state index contributed by atoms with van der Waals surface area (Å²) in [5.41, 5.74) is 9.29. The summed E-state index contributed by atoms with van der Waals surface area (Å²) < 4.78 is 4.75. The van der Waals surface area contributed by atoms with Gasteiger partial charge < -0.3 is 0 Å². The predicted octanol–water partition coefficient (Wildman–Crippen LogP) is 8.72. The summed E-state index contributed by atoms with van der Waals surface area (Å²) in [5.74, 6) is 0.867. The first-order chi connectivity index (χ1) is 17.7. The van der Waals surface area contributed by atoms with E-state index in [0.717, 1.165) is 17.0 Å². The van der Waals surface area contributed by atoms with Gasteiger partial charge in [-0.1, -0.05) is 84.9 Å².